The van der Waals surface area contributed by atoms with Crippen LogP contribution in [0.3, 0.4) is 0 Å². The standard InChI is InChI=1S/C24H14F4N4O4S/c25-16-7-6-14(10-18(16)30-21(33)24(26,27)28)36-19-9-8-17-20(15(19)11-29)37-22(31-17)32-23(34)35-12-13-4-2-1-3-5-13/h1-10H,12H2,(H,30,33)(H,31,32,34). The summed E-state index contributed by atoms with van der Waals surface area (Å²) in [5.41, 5.74) is 0.422. The summed E-state index contributed by atoms with van der Waals surface area (Å²) in [7, 11) is 0. The van der Waals surface area contributed by atoms with Crippen molar-refractivity contribution in [2.45, 2.75) is 12.8 Å². The molecule has 188 valence electrons. The third-order valence-electron chi connectivity index (χ3n) is 4.72. The molecular formula is C24H14F4N4O4S. The largest absolute Gasteiger partial charge is 0.471 e. The molecule has 37 heavy (non-hydrogen) atoms. The van der Waals surface area contributed by atoms with Crippen molar-refractivity contribution in [3.63, 3.8) is 0 Å². The highest BCUT2D eigenvalue weighted by Gasteiger charge is 2.39. The second-order valence-electron chi connectivity index (χ2n) is 7.30. The van der Waals surface area contributed by atoms with Gasteiger partial charge in [0.2, 0.25) is 0 Å². The van der Waals surface area contributed by atoms with Crippen molar-refractivity contribution in [1.29, 1.82) is 5.26 Å². The van der Waals surface area contributed by atoms with Gasteiger partial charge in [-0.05, 0) is 29.8 Å². The van der Waals surface area contributed by atoms with Crippen LogP contribution in [0.2, 0.25) is 0 Å². The Bertz CT molecular complexity index is 1520. The lowest BCUT2D eigenvalue weighted by molar-refractivity contribution is -0.167. The summed E-state index contributed by atoms with van der Waals surface area (Å²) in [4.78, 5) is 27.5. The smallest absolute Gasteiger partial charge is 0.456 e. The van der Waals surface area contributed by atoms with Crippen LogP contribution in [-0.4, -0.2) is 23.2 Å². The Morgan fingerprint density at radius 2 is 1.81 bits per heavy atom. The molecule has 4 aromatic rings. The molecule has 0 fully saturated rings. The van der Waals surface area contributed by atoms with E-state index in [1.54, 1.807) is 24.3 Å². The van der Waals surface area contributed by atoms with Crippen molar-refractivity contribution in [2.75, 3.05) is 10.6 Å². The van der Waals surface area contributed by atoms with Crippen molar-refractivity contribution in [2.24, 2.45) is 0 Å². The second kappa shape index (κ2) is 10.5. The topological polar surface area (TPSA) is 113 Å². The maximum atomic E-state index is 13.9. The van der Waals surface area contributed by atoms with Gasteiger partial charge in [-0.2, -0.15) is 18.4 Å². The van der Waals surface area contributed by atoms with E-state index in [0.29, 0.717) is 10.2 Å². The fourth-order valence-corrected chi connectivity index (χ4v) is 3.99. The number of hydrogen-bond acceptors (Lipinski definition) is 7. The van der Waals surface area contributed by atoms with Crippen LogP contribution < -0.4 is 15.4 Å². The van der Waals surface area contributed by atoms with Gasteiger partial charge in [0, 0.05) is 6.07 Å². The molecule has 2 amide bonds. The van der Waals surface area contributed by atoms with E-state index >= 15 is 0 Å². The van der Waals surface area contributed by atoms with Gasteiger partial charge < -0.3 is 14.8 Å². The van der Waals surface area contributed by atoms with Crippen molar-refractivity contribution in [1.82, 2.24) is 4.98 Å². The molecule has 1 aromatic heterocycles. The molecule has 0 radical (unpaired) electrons. The van der Waals surface area contributed by atoms with Gasteiger partial charge in [0.1, 0.15) is 35.6 Å². The Kier molecular flexibility index (Phi) is 7.21. The van der Waals surface area contributed by atoms with E-state index in [4.69, 9.17) is 9.47 Å². The lowest BCUT2D eigenvalue weighted by atomic mass is 10.2. The van der Waals surface area contributed by atoms with Crippen molar-refractivity contribution >= 4 is 44.4 Å². The number of aromatic nitrogens is 1. The number of carbonyl (C=O) groups excluding carboxylic acids is 2. The molecule has 0 unspecified atom stereocenters. The van der Waals surface area contributed by atoms with E-state index in [2.05, 4.69) is 10.3 Å². The lowest BCUT2D eigenvalue weighted by Gasteiger charge is -2.12. The maximum Gasteiger partial charge on any atom is 0.471 e. The van der Waals surface area contributed by atoms with Crippen LogP contribution >= 0.6 is 11.3 Å². The number of fused-ring (bicyclic) bond motifs is 1. The van der Waals surface area contributed by atoms with Gasteiger partial charge in [0.05, 0.1) is 15.9 Å². The van der Waals surface area contributed by atoms with Crippen LogP contribution in [0.15, 0.2) is 60.7 Å². The summed E-state index contributed by atoms with van der Waals surface area (Å²) >= 11 is 0.972. The number of ether oxygens (including phenoxy) is 2. The van der Waals surface area contributed by atoms with Crippen molar-refractivity contribution in [3.05, 3.63) is 77.6 Å². The number of hydrogen-bond donors (Lipinski definition) is 2. The van der Waals surface area contributed by atoms with Gasteiger partial charge >= 0.3 is 18.2 Å². The van der Waals surface area contributed by atoms with Crippen LogP contribution in [0.1, 0.15) is 11.1 Å². The first-order chi connectivity index (χ1) is 17.6. The lowest BCUT2D eigenvalue weighted by Crippen LogP contribution is -2.30. The minimum Gasteiger partial charge on any atom is -0.456 e. The van der Waals surface area contributed by atoms with Gasteiger partial charge in [-0.1, -0.05) is 41.7 Å². The van der Waals surface area contributed by atoms with Crippen LogP contribution in [0.4, 0.5) is 33.2 Å². The van der Waals surface area contributed by atoms with E-state index in [1.807, 2.05) is 12.1 Å². The number of nitrogens with zero attached hydrogens (tertiary/aromatic N) is 2. The van der Waals surface area contributed by atoms with Crippen molar-refractivity contribution < 1.29 is 36.6 Å². The summed E-state index contributed by atoms with van der Waals surface area (Å²) in [5, 5.41) is 13.8. The van der Waals surface area contributed by atoms with E-state index in [-0.39, 0.29) is 28.8 Å². The fourth-order valence-electron chi connectivity index (χ4n) is 3.05. The van der Waals surface area contributed by atoms with E-state index in [0.717, 1.165) is 35.1 Å². The third-order valence-corrected chi connectivity index (χ3v) is 5.73. The van der Waals surface area contributed by atoms with E-state index in [1.165, 1.54) is 17.4 Å². The molecule has 0 aliphatic carbocycles. The molecule has 4 rings (SSSR count). The summed E-state index contributed by atoms with van der Waals surface area (Å²) < 4.78 is 62.6. The number of amides is 2. The molecule has 3 aromatic carbocycles. The Morgan fingerprint density at radius 3 is 2.51 bits per heavy atom. The normalized spacial score (nSPS) is 11.0. The Balaban J connectivity index is 1.52. The van der Waals surface area contributed by atoms with Gasteiger partial charge in [0.25, 0.3) is 0 Å². The van der Waals surface area contributed by atoms with Crippen LogP contribution in [0.25, 0.3) is 10.2 Å². The Hall–Kier alpha value is -4.70. The number of alkyl halides is 3. The number of nitriles is 1. The van der Waals surface area contributed by atoms with Crippen LogP contribution in [0, 0.1) is 17.1 Å². The number of thiazole rings is 1. The quantitative estimate of drug-likeness (QED) is 0.281. The zero-order chi connectivity index (χ0) is 26.6. The van der Waals surface area contributed by atoms with E-state index < -0.39 is 29.7 Å². The first-order valence-corrected chi connectivity index (χ1v) is 11.1. The first-order valence-electron chi connectivity index (χ1n) is 10.3. The number of benzene rings is 3. The highest BCUT2D eigenvalue weighted by molar-refractivity contribution is 7.22. The summed E-state index contributed by atoms with van der Waals surface area (Å²) in [6, 6.07) is 16.6. The molecule has 0 aliphatic heterocycles. The van der Waals surface area contributed by atoms with Crippen LogP contribution in [-0.2, 0) is 16.1 Å². The average molecular weight is 530 g/mol. The molecule has 0 bridgehead atoms. The molecule has 0 aliphatic rings. The molecule has 0 spiro atoms. The summed E-state index contributed by atoms with van der Waals surface area (Å²) in [6.07, 6.45) is -5.97. The summed E-state index contributed by atoms with van der Waals surface area (Å²) in [5.74, 6) is -3.61. The Morgan fingerprint density at radius 1 is 1.05 bits per heavy atom. The number of rotatable bonds is 6. The number of nitrogens with one attached hydrogen (secondary N) is 2. The van der Waals surface area contributed by atoms with Gasteiger partial charge in [-0.25, -0.2) is 14.2 Å². The second-order valence-corrected chi connectivity index (χ2v) is 8.30. The highest BCUT2D eigenvalue weighted by Crippen LogP contribution is 2.37. The van der Waals surface area contributed by atoms with Gasteiger partial charge in [0.15, 0.2) is 5.13 Å². The fraction of sp³-hybridized carbons (Fsp3) is 0.0833. The van der Waals surface area contributed by atoms with Gasteiger partial charge in [-0.3, -0.25) is 10.1 Å². The average Bonchev–Trinajstić information content (AvgIpc) is 3.27. The predicted octanol–water partition coefficient (Wildman–Crippen LogP) is 6.35. The van der Waals surface area contributed by atoms with Crippen molar-refractivity contribution in [3.8, 4) is 17.6 Å². The zero-order valence-electron chi connectivity index (χ0n) is 18.4. The molecule has 8 nitrogen and oxygen atoms in total. The molecule has 0 atom stereocenters. The number of carbonyl (C=O) groups is 2. The minimum absolute atomic E-state index is 0.00318. The predicted molar refractivity (Wildman–Crippen MR) is 126 cm³/mol. The third kappa shape index (κ3) is 6.11. The van der Waals surface area contributed by atoms with Crippen LogP contribution in [0.5, 0.6) is 11.5 Å². The SMILES string of the molecule is N#Cc1c(Oc2ccc(F)c(NC(=O)C(F)(F)F)c2)ccc2nc(NC(=O)OCc3ccccc3)sc12. The van der Waals surface area contributed by atoms with Gasteiger partial charge in [-0.15, -0.1) is 0 Å². The Labute approximate surface area is 210 Å². The number of halogens is 4. The molecule has 13 heteroatoms. The first kappa shape index (κ1) is 25.4. The highest BCUT2D eigenvalue weighted by atomic mass is 32.1. The molecule has 2 N–H and O–H groups in total. The summed E-state index contributed by atoms with van der Waals surface area (Å²) in [6.45, 7) is 0.0437. The minimum atomic E-state index is -5.21. The number of anilines is 2. The molecular weight excluding hydrogens is 516 g/mol. The molecule has 0 saturated heterocycles. The monoisotopic (exact) mass is 530 g/mol. The maximum absolute atomic E-state index is 13.9. The zero-order valence-corrected chi connectivity index (χ0v) is 19.2. The van der Waals surface area contributed by atoms with E-state index in [9.17, 15) is 32.4 Å². The molecule has 0 saturated carbocycles. The molecule has 1 heterocycles.